The number of aromatic nitrogens is 2. The topological polar surface area (TPSA) is 66.9 Å². The van der Waals surface area contributed by atoms with Crippen molar-refractivity contribution in [3.05, 3.63) is 29.2 Å². The van der Waals surface area contributed by atoms with E-state index in [4.69, 9.17) is 0 Å². The maximum Gasteiger partial charge on any atom is 0.239 e. The van der Waals surface area contributed by atoms with E-state index in [0.717, 1.165) is 29.7 Å². The first-order valence-corrected chi connectivity index (χ1v) is 8.53. The number of amides is 1. The first-order valence-electron chi connectivity index (χ1n) is 7.65. The first kappa shape index (κ1) is 15.9. The molecule has 1 saturated carbocycles. The molecule has 1 amide bonds. The van der Waals surface area contributed by atoms with Crippen molar-refractivity contribution in [1.29, 1.82) is 0 Å². The molecule has 0 bridgehead atoms. The summed E-state index contributed by atoms with van der Waals surface area (Å²) in [6, 6.07) is 2.01. The molecule has 1 fully saturated rings. The third-order valence-electron chi connectivity index (χ3n) is 4.41. The summed E-state index contributed by atoms with van der Waals surface area (Å²) in [5.41, 5.74) is 1.33. The molecule has 122 valence electrons. The second kappa shape index (κ2) is 6.62. The van der Waals surface area contributed by atoms with Crippen LogP contribution in [0.2, 0.25) is 0 Å². The Kier molecular flexibility index (Phi) is 4.56. The molecule has 5 nitrogen and oxygen atoms in total. The van der Waals surface area contributed by atoms with Gasteiger partial charge in [-0.1, -0.05) is 6.42 Å². The highest BCUT2D eigenvalue weighted by Gasteiger charge is 2.35. The van der Waals surface area contributed by atoms with Crippen LogP contribution in [0.5, 0.6) is 0 Å². The fourth-order valence-corrected chi connectivity index (χ4v) is 4.17. The van der Waals surface area contributed by atoms with Gasteiger partial charge in [-0.25, -0.2) is 4.98 Å². The molecule has 2 atom stereocenters. The number of thiophene rings is 1. The van der Waals surface area contributed by atoms with Gasteiger partial charge in [-0.2, -0.15) is 9.37 Å². The number of nitrogens with one attached hydrogen (secondary N) is 2. The third-order valence-corrected chi connectivity index (χ3v) is 5.34. The van der Waals surface area contributed by atoms with Crippen molar-refractivity contribution in [2.45, 2.75) is 25.2 Å². The molecule has 0 radical (unpaired) electrons. The molecule has 0 saturated heterocycles. The van der Waals surface area contributed by atoms with E-state index < -0.39 is 5.95 Å². The van der Waals surface area contributed by atoms with Crippen molar-refractivity contribution in [2.24, 2.45) is 5.92 Å². The van der Waals surface area contributed by atoms with Crippen LogP contribution in [0.25, 0.3) is 10.7 Å². The Balaban J connectivity index is 1.96. The predicted molar refractivity (Wildman–Crippen MR) is 89.0 cm³/mol. The van der Waals surface area contributed by atoms with Gasteiger partial charge in [0.15, 0.2) is 5.82 Å². The van der Waals surface area contributed by atoms with Gasteiger partial charge in [0.1, 0.15) is 5.69 Å². The maximum atomic E-state index is 13.9. The Hall–Kier alpha value is -2.02. The molecule has 1 aliphatic carbocycles. The van der Waals surface area contributed by atoms with Crippen LogP contribution in [0.3, 0.4) is 0 Å². The zero-order valence-corrected chi connectivity index (χ0v) is 13.9. The summed E-state index contributed by atoms with van der Waals surface area (Å²) in [4.78, 5) is 21.2. The summed E-state index contributed by atoms with van der Waals surface area (Å²) < 4.78 is 13.9. The van der Waals surface area contributed by atoms with Crippen molar-refractivity contribution in [3.63, 3.8) is 0 Å². The van der Waals surface area contributed by atoms with Crippen LogP contribution >= 0.6 is 11.3 Å². The molecule has 2 aromatic heterocycles. The Bertz CT molecular complexity index is 718. The number of carbonyl (C=O) groups excluding carboxylic acids is 1. The van der Waals surface area contributed by atoms with Crippen LogP contribution in [0.15, 0.2) is 17.6 Å². The Morgan fingerprint density at radius 2 is 2.22 bits per heavy atom. The lowest BCUT2D eigenvalue weighted by Crippen LogP contribution is -2.28. The minimum absolute atomic E-state index is 0.0326. The van der Waals surface area contributed by atoms with E-state index in [1.165, 1.54) is 17.5 Å². The summed E-state index contributed by atoms with van der Waals surface area (Å²) in [5.74, 6) is 0.00377. The average molecular weight is 334 g/mol. The zero-order valence-electron chi connectivity index (χ0n) is 13.1. The Morgan fingerprint density at radius 1 is 1.39 bits per heavy atom. The third kappa shape index (κ3) is 2.93. The summed E-state index contributed by atoms with van der Waals surface area (Å²) >= 11 is 1.49. The molecule has 2 N–H and O–H groups in total. The highest BCUT2D eigenvalue weighted by Crippen LogP contribution is 2.44. The highest BCUT2D eigenvalue weighted by atomic mass is 32.1. The molecule has 0 spiro atoms. The first-order chi connectivity index (χ1) is 11.2. The minimum atomic E-state index is -0.564. The number of anilines is 1. The van der Waals surface area contributed by atoms with E-state index in [-0.39, 0.29) is 23.4 Å². The second-order valence-corrected chi connectivity index (χ2v) is 6.53. The zero-order chi connectivity index (χ0) is 16.4. The van der Waals surface area contributed by atoms with Gasteiger partial charge in [0.2, 0.25) is 11.9 Å². The van der Waals surface area contributed by atoms with Gasteiger partial charge in [-0.05, 0) is 35.8 Å². The second-order valence-electron chi connectivity index (χ2n) is 5.61. The van der Waals surface area contributed by atoms with Crippen LogP contribution < -0.4 is 10.6 Å². The van der Waals surface area contributed by atoms with Gasteiger partial charge in [-0.15, -0.1) is 11.3 Å². The van der Waals surface area contributed by atoms with Crippen molar-refractivity contribution >= 4 is 22.9 Å². The number of carbonyl (C=O) groups is 1. The molecule has 0 aliphatic heterocycles. The smallest absolute Gasteiger partial charge is 0.239 e. The molecule has 1 aliphatic rings. The highest BCUT2D eigenvalue weighted by molar-refractivity contribution is 7.13. The fraction of sp³-hybridized carbons (Fsp3) is 0.438. The van der Waals surface area contributed by atoms with Gasteiger partial charge >= 0.3 is 0 Å². The average Bonchev–Trinajstić information content (AvgIpc) is 3.22. The Labute approximate surface area is 138 Å². The largest absolute Gasteiger partial charge is 0.383 e. The van der Waals surface area contributed by atoms with E-state index >= 15 is 0 Å². The van der Waals surface area contributed by atoms with Gasteiger partial charge in [0, 0.05) is 20.0 Å². The van der Waals surface area contributed by atoms with E-state index in [9.17, 15) is 9.18 Å². The molecule has 2 heterocycles. The normalized spacial score (nSPS) is 20.5. The van der Waals surface area contributed by atoms with E-state index in [1.807, 2.05) is 11.4 Å². The van der Waals surface area contributed by atoms with Gasteiger partial charge in [0.25, 0.3) is 0 Å². The van der Waals surface area contributed by atoms with Gasteiger partial charge < -0.3 is 10.6 Å². The van der Waals surface area contributed by atoms with Crippen LogP contribution in [-0.4, -0.2) is 30.0 Å². The van der Waals surface area contributed by atoms with E-state index in [0.29, 0.717) is 5.82 Å². The van der Waals surface area contributed by atoms with Crippen molar-refractivity contribution in [3.8, 4) is 10.7 Å². The Morgan fingerprint density at radius 3 is 2.91 bits per heavy atom. The lowest BCUT2D eigenvalue weighted by molar-refractivity contribution is -0.124. The number of nitrogens with zero attached hydrogens (tertiary/aromatic N) is 2. The quantitative estimate of drug-likeness (QED) is 0.844. The van der Waals surface area contributed by atoms with Crippen LogP contribution in [0, 0.1) is 11.9 Å². The number of hydrogen-bond donors (Lipinski definition) is 2. The van der Waals surface area contributed by atoms with Crippen LogP contribution in [0.1, 0.15) is 30.7 Å². The molecule has 0 unspecified atom stereocenters. The molecular formula is C16H19FN4OS. The lowest BCUT2D eigenvalue weighted by Gasteiger charge is -2.18. The molecule has 3 rings (SSSR count). The summed E-state index contributed by atoms with van der Waals surface area (Å²) in [7, 11) is 3.30. The molecule has 23 heavy (non-hydrogen) atoms. The van der Waals surface area contributed by atoms with Gasteiger partial charge in [-0.3, -0.25) is 4.79 Å². The van der Waals surface area contributed by atoms with Gasteiger partial charge in [0.05, 0.1) is 11.1 Å². The molecule has 7 heteroatoms. The van der Waals surface area contributed by atoms with Crippen LogP contribution in [-0.2, 0) is 4.79 Å². The summed E-state index contributed by atoms with van der Waals surface area (Å²) in [6.07, 6.45) is 4.31. The summed E-state index contributed by atoms with van der Waals surface area (Å²) in [5, 5.41) is 7.42. The van der Waals surface area contributed by atoms with Crippen molar-refractivity contribution in [2.75, 3.05) is 19.4 Å². The maximum absolute atomic E-state index is 13.9. The molecule has 2 aromatic rings. The number of rotatable bonds is 4. The minimum Gasteiger partial charge on any atom is -0.383 e. The monoisotopic (exact) mass is 334 g/mol. The summed E-state index contributed by atoms with van der Waals surface area (Å²) in [6.45, 7) is 0. The predicted octanol–water partition coefficient (Wildman–Crippen LogP) is 3.02. The SMILES string of the molecule is CNC(=O)[C@@H]1CCC[C@H]1c1ccsc1-c1ncc(NC)c(F)n1. The van der Waals surface area contributed by atoms with Crippen LogP contribution in [0.4, 0.5) is 10.1 Å². The van der Waals surface area contributed by atoms with E-state index in [2.05, 4.69) is 20.6 Å². The number of hydrogen-bond acceptors (Lipinski definition) is 5. The standard InChI is InChI=1S/C16H19FN4OS/c1-18-12-8-20-15(21-14(12)17)13-10(6-7-23-13)9-4-3-5-11(9)16(22)19-2/h6-9,11,18H,3-5H2,1-2H3,(H,19,22)/t9-,11+/m0/s1. The van der Waals surface area contributed by atoms with Crippen molar-refractivity contribution < 1.29 is 9.18 Å². The molecule has 0 aromatic carbocycles. The number of halogens is 1. The molecular weight excluding hydrogens is 315 g/mol. The van der Waals surface area contributed by atoms with E-state index in [1.54, 1.807) is 14.1 Å². The van der Waals surface area contributed by atoms with Crippen molar-refractivity contribution in [1.82, 2.24) is 15.3 Å². The lowest BCUT2D eigenvalue weighted by atomic mass is 9.88. The fourth-order valence-electron chi connectivity index (χ4n) is 3.26.